The van der Waals surface area contributed by atoms with E-state index in [2.05, 4.69) is 34.6 Å². The van der Waals surface area contributed by atoms with Crippen molar-refractivity contribution in [2.75, 3.05) is 6.61 Å². The summed E-state index contributed by atoms with van der Waals surface area (Å²) in [4.78, 5) is 0. The molecule has 30 heavy (non-hydrogen) atoms. The van der Waals surface area contributed by atoms with E-state index in [1.807, 2.05) is 0 Å². The zero-order valence-corrected chi connectivity index (χ0v) is 22.0. The van der Waals surface area contributed by atoms with Crippen LogP contribution in [0.25, 0.3) is 0 Å². The molecule has 0 aromatic rings. The zero-order chi connectivity index (χ0) is 21.8. The monoisotopic (exact) mass is 440 g/mol. The van der Waals surface area contributed by atoms with Crippen LogP contribution in [-0.2, 0) is 13.6 Å². The highest BCUT2D eigenvalue weighted by Gasteiger charge is 2.31. The number of hydrogen-bond donors (Lipinski definition) is 0. The van der Waals surface area contributed by atoms with Crippen LogP contribution in [0.15, 0.2) is 0 Å². The van der Waals surface area contributed by atoms with E-state index in [-0.39, 0.29) is 12.2 Å². The third kappa shape index (κ3) is 10.6. The lowest BCUT2D eigenvalue weighted by atomic mass is 9.70. The Morgan fingerprint density at radius 2 is 1.30 bits per heavy atom. The second-order valence-electron chi connectivity index (χ2n) is 10.6. The first kappa shape index (κ1) is 26.4. The molecule has 0 unspecified atom stereocenters. The smallest absolute Gasteiger partial charge is 0.321 e. The lowest BCUT2D eigenvalue weighted by Crippen LogP contribution is -2.30. The zero-order valence-electron chi connectivity index (χ0n) is 20.9. The Morgan fingerprint density at radius 3 is 1.83 bits per heavy atom. The molecule has 0 aliphatic heterocycles. The van der Waals surface area contributed by atoms with Crippen LogP contribution in [0, 0.1) is 17.8 Å². The molecule has 0 aromatic heterocycles. The summed E-state index contributed by atoms with van der Waals surface area (Å²) in [7, 11) is -1.55. The van der Waals surface area contributed by atoms with Crippen molar-refractivity contribution in [2.45, 2.75) is 142 Å². The van der Waals surface area contributed by atoms with Gasteiger partial charge in [-0.15, -0.1) is 0 Å². The van der Waals surface area contributed by atoms with Gasteiger partial charge in [-0.3, -0.25) is 0 Å². The van der Waals surface area contributed by atoms with Crippen molar-refractivity contribution in [1.82, 2.24) is 0 Å². The predicted molar refractivity (Wildman–Crippen MR) is 130 cm³/mol. The number of hydrogen-bond acceptors (Lipinski definition) is 3. The third-order valence-corrected chi connectivity index (χ3v) is 9.85. The van der Waals surface area contributed by atoms with Crippen LogP contribution < -0.4 is 0 Å². The average molecular weight is 441 g/mol. The normalized spacial score (nSPS) is 28.0. The Balaban J connectivity index is 1.55. The molecule has 2 aliphatic carbocycles. The van der Waals surface area contributed by atoms with Gasteiger partial charge in [0.1, 0.15) is 0 Å². The Kier molecular flexibility index (Phi) is 13.2. The van der Waals surface area contributed by atoms with Crippen LogP contribution in [-0.4, -0.2) is 34.2 Å². The summed E-state index contributed by atoms with van der Waals surface area (Å²) < 4.78 is 18.3. The second-order valence-corrected chi connectivity index (χ2v) is 12.6. The van der Waals surface area contributed by atoms with Gasteiger partial charge in [0, 0.05) is 18.8 Å². The summed E-state index contributed by atoms with van der Waals surface area (Å²) in [5, 5.41) is 0. The van der Waals surface area contributed by atoms with Gasteiger partial charge in [-0.2, -0.15) is 0 Å². The number of rotatable bonds is 14. The summed E-state index contributed by atoms with van der Waals surface area (Å²) >= 11 is 0. The molecule has 2 saturated carbocycles. The SMILES string of the molecule is CCCCCC1CCC(C2CCC(OCCC[SiH](OC(C)C)OC(C)C)CC2)CC1. The molecule has 0 saturated heterocycles. The Labute approximate surface area is 189 Å². The Hall–Kier alpha value is 0.0969. The van der Waals surface area contributed by atoms with Gasteiger partial charge in [0.05, 0.1) is 6.10 Å². The quantitative estimate of drug-likeness (QED) is 0.208. The maximum absolute atomic E-state index is 6.26. The molecule has 3 nitrogen and oxygen atoms in total. The summed E-state index contributed by atoms with van der Waals surface area (Å²) in [5.41, 5.74) is 0. The maximum atomic E-state index is 6.26. The van der Waals surface area contributed by atoms with Crippen molar-refractivity contribution >= 4 is 9.28 Å². The standard InChI is InChI=1S/C26H52O3Si/c1-6-7-8-10-23-11-13-24(14-12-23)25-15-17-26(18-16-25)27-19-9-20-30(28-21(2)3)29-22(4)5/h21-26,30H,6-20H2,1-5H3. The molecule has 2 aliphatic rings. The highest BCUT2D eigenvalue weighted by atomic mass is 28.3. The minimum atomic E-state index is -1.55. The van der Waals surface area contributed by atoms with E-state index in [4.69, 9.17) is 13.6 Å². The van der Waals surface area contributed by atoms with E-state index < -0.39 is 9.28 Å². The molecule has 4 heteroatoms. The molecule has 2 rings (SSSR count). The first-order valence-electron chi connectivity index (χ1n) is 13.4. The molecule has 0 aromatic carbocycles. The van der Waals surface area contributed by atoms with Crippen molar-refractivity contribution in [3.8, 4) is 0 Å². The molecule has 0 heterocycles. The van der Waals surface area contributed by atoms with E-state index in [1.54, 1.807) is 0 Å². The van der Waals surface area contributed by atoms with Crippen LogP contribution in [0.4, 0.5) is 0 Å². The van der Waals surface area contributed by atoms with Crippen LogP contribution in [0.1, 0.15) is 118 Å². The van der Waals surface area contributed by atoms with E-state index in [0.29, 0.717) is 6.10 Å². The topological polar surface area (TPSA) is 27.7 Å². The van der Waals surface area contributed by atoms with Gasteiger partial charge in [-0.25, -0.2) is 0 Å². The lowest BCUT2D eigenvalue weighted by Gasteiger charge is -2.38. The minimum absolute atomic E-state index is 0.267. The van der Waals surface area contributed by atoms with Gasteiger partial charge >= 0.3 is 9.28 Å². The van der Waals surface area contributed by atoms with E-state index in [1.165, 1.54) is 77.0 Å². The van der Waals surface area contributed by atoms with Crippen LogP contribution in [0.3, 0.4) is 0 Å². The van der Waals surface area contributed by atoms with Crippen molar-refractivity contribution < 1.29 is 13.6 Å². The molecule has 0 amide bonds. The highest BCUT2D eigenvalue weighted by Crippen LogP contribution is 2.41. The van der Waals surface area contributed by atoms with E-state index in [0.717, 1.165) is 36.8 Å². The fourth-order valence-electron chi connectivity index (χ4n) is 5.63. The molecular weight excluding hydrogens is 388 g/mol. The van der Waals surface area contributed by atoms with Gasteiger partial charge in [0.25, 0.3) is 0 Å². The van der Waals surface area contributed by atoms with Crippen molar-refractivity contribution in [1.29, 1.82) is 0 Å². The average Bonchev–Trinajstić information content (AvgIpc) is 2.71. The van der Waals surface area contributed by atoms with Crippen LogP contribution in [0.2, 0.25) is 6.04 Å². The fraction of sp³-hybridized carbons (Fsp3) is 1.00. The Bertz CT molecular complexity index is 403. The van der Waals surface area contributed by atoms with E-state index in [9.17, 15) is 0 Å². The summed E-state index contributed by atoms with van der Waals surface area (Å²) in [6.45, 7) is 11.6. The number of ether oxygens (including phenoxy) is 1. The van der Waals surface area contributed by atoms with E-state index >= 15 is 0 Å². The summed E-state index contributed by atoms with van der Waals surface area (Å²) in [6, 6.07) is 1.06. The molecule has 0 atom stereocenters. The summed E-state index contributed by atoms with van der Waals surface area (Å²) in [6.07, 6.45) is 19.3. The second kappa shape index (κ2) is 15.0. The first-order valence-corrected chi connectivity index (χ1v) is 15.2. The largest absolute Gasteiger partial charge is 0.394 e. The van der Waals surface area contributed by atoms with Crippen molar-refractivity contribution in [3.63, 3.8) is 0 Å². The van der Waals surface area contributed by atoms with Crippen LogP contribution in [0.5, 0.6) is 0 Å². The lowest BCUT2D eigenvalue weighted by molar-refractivity contribution is 0.00628. The van der Waals surface area contributed by atoms with Gasteiger partial charge in [-0.1, -0.05) is 45.4 Å². The molecule has 0 radical (unpaired) electrons. The predicted octanol–water partition coefficient (Wildman–Crippen LogP) is 7.41. The highest BCUT2D eigenvalue weighted by molar-refractivity contribution is 6.44. The fourth-order valence-corrected chi connectivity index (χ4v) is 7.68. The number of unbranched alkanes of at least 4 members (excludes halogenated alkanes) is 2. The minimum Gasteiger partial charge on any atom is -0.394 e. The molecule has 0 spiro atoms. The first-order chi connectivity index (χ1) is 14.5. The van der Waals surface area contributed by atoms with Gasteiger partial charge in [0.15, 0.2) is 0 Å². The maximum Gasteiger partial charge on any atom is 0.321 e. The van der Waals surface area contributed by atoms with Crippen molar-refractivity contribution in [2.24, 2.45) is 17.8 Å². The molecule has 0 bridgehead atoms. The summed E-state index contributed by atoms with van der Waals surface area (Å²) in [5.74, 6) is 3.04. The van der Waals surface area contributed by atoms with Gasteiger partial charge < -0.3 is 13.6 Å². The third-order valence-electron chi connectivity index (χ3n) is 7.28. The van der Waals surface area contributed by atoms with Crippen LogP contribution >= 0.6 is 0 Å². The molecule has 2 fully saturated rings. The van der Waals surface area contributed by atoms with Crippen molar-refractivity contribution in [3.05, 3.63) is 0 Å². The molecule has 0 N–H and O–H groups in total. The Morgan fingerprint density at radius 1 is 0.733 bits per heavy atom. The molecular formula is C26H52O3Si. The van der Waals surface area contributed by atoms with Gasteiger partial charge in [0.2, 0.25) is 0 Å². The van der Waals surface area contributed by atoms with Gasteiger partial charge in [-0.05, 0) is 96.4 Å². The molecule has 178 valence electrons.